The average molecular weight is 286 g/mol. The Morgan fingerprint density at radius 1 is 1.14 bits per heavy atom. The summed E-state index contributed by atoms with van der Waals surface area (Å²) in [6.07, 6.45) is 0. The van der Waals surface area contributed by atoms with E-state index >= 15 is 0 Å². The van der Waals surface area contributed by atoms with Crippen LogP contribution in [0.4, 0.5) is 0 Å². The van der Waals surface area contributed by atoms with Gasteiger partial charge in [-0.25, -0.2) is 9.48 Å². The number of carboxylic acids is 1. The normalized spacial score (nSPS) is 11.4. The second-order valence-corrected chi connectivity index (χ2v) is 5.97. The van der Waals surface area contributed by atoms with Gasteiger partial charge in [0.25, 0.3) is 5.56 Å². The Morgan fingerprint density at radius 2 is 1.76 bits per heavy atom. The van der Waals surface area contributed by atoms with Crippen molar-refractivity contribution in [3.05, 3.63) is 63.6 Å². The van der Waals surface area contributed by atoms with Gasteiger partial charge in [-0.05, 0) is 23.8 Å². The van der Waals surface area contributed by atoms with Gasteiger partial charge >= 0.3 is 5.97 Å². The third-order valence-corrected chi connectivity index (χ3v) is 3.17. The van der Waals surface area contributed by atoms with Crippen LogP contribution in [0.5, 0.6) is 0 Å². The molecule has 0 bridgehead atoms. The lowest BCUT2D eigenvalue weighted by atomic mass is 9.92. The number of aromatic nitrogens is 2. The predicted octanol–water partition coefficient (Wildman–Crippen LogP) is 2.29. The zero-order valence-electron chi connectivity index (χ0n) is 12.3. The molecule has 110 valence electrons. The number of carboxylic acid groups (broad SMARTS) is 1. The van der Waals surface area contributed by atoms with E-state index < -0.39 is 5.97 Å². The Kier molecular flexibility index (Phi) is 3.93. The number of hydrogen-bond acceptors (Lipinski definition) is 3. The molecule has 0 unspecified atom stereocenters. The molecular formula is C16H18N2O3. The number of aromatic carboxylic acids is 1. The summed E-state index contributed by atoms with van der Waals surface area (Å²) in [5.74, 6) is -0.966. The van der Waals surface area contributed by atoms with E-state index in [4.69, 9.17) is 5.11 Å². The van der Waals surface area contributed by atoms with E-state index in [-0.39, 0.29) is 16.5 Å². The minimum absolute atomic E-state index is 0.136. The molecule has 0 atom stereocenters. The fourth-order valence-electron chi connectivity index (χ4n) is 1.89. The summed E-state index contributed by atoms with van der Waals surface area (Å²) in [6, 6.07) is 9.70. The molecule has 5 heteroatoms. The third kappa shape index (κ3) is 3.56. The molecular weight excluding hydrogens is 268 g/mol. The number of nitrogens with zero attached hydrogens (tertiary/aromatic N) is 2. The van der Waals surface area contributed by atoms with Gasteiger partial charge in [0.05, 0.1) is 17.8 Å². The van der Waals surface area contributed by atoms with E-state index in [0.29, 0.717) is 6.54 Å². The molecule has 0 amide bonds. The van der Waals surface area contributed by atoms with Crippen LogP contribution in [-0.2, 0) is 12.0 Å². The fraction of sp³-hybridized carbons (Fsp3) is 0.312. The molecule has 0 aliphatic carbocycles. The van der Waals surface area contributed by atoms with Crippen molar-refractivity contribution in [2.45, 2.75) is 32.7 Å². The van der Waals surface area contributed by atoms with Crippen molar-refractivity contribution in [2.75, 3.05) is 0 Å². The molecule has 0 aliphatic heterocycles. The van der Waals surface area contributed by atoms with Crippen molar-refractivity contribution < 1.29 is 9.90 Å². The molecule has 0 radical (unpaired) electrons. The smallest absolute Gasteiger partial charge is 0.335 e. The number of benzene rings is 1. The first-order valence-electron chi connectivity index (χ1n) is 6.68. The van der Waals surface area contributed by atoms with Gasteiger partial charge in [0, 0.05) is 11.5 Å². The second-order valence-electron chi connectivity index (χ2n) is 5.97. The van der Waals surface area contributed by atoms with Crippen LogP contribution >= 0.6 is 0 Å². The first-order chi connectivity index (χ1) is 9.77. The predicted molar refractivity (Wildman–Crippen MR) is 79.7 cm³/mol. The zero-order valence-corrected chi connectivity index (χ0v) is 12.3. The SMILES string of the molecule is CC(C)(C)c1ccc(=O)n(Cc2ccc(C(=O)O)cc2)n1. The van der Waals surface area contributed by atoms with E-state index in [2.05, 4.69) is 5.10 Å². The summed E-state index contributed by atoms with van der Waals surface area (Å²) in [7, 11) is 0. The van der Waals surface area contributed by atoms with Crippen molar-refractivity contribution in [2.24, 2.45) is 0 Å². The largest absolute Gasteiger partial charge is 0.478 e. The summed E-state index contributed by atoms with van der Waals surface area (Å²) in [5.41, 5.74) is 1.58. The zero-order chi connectivity index (χ0) is 15.6. The summed E-state index contributed by atoms with van der Waals surface area (Å²) < 4.78 is 1.40. The molecule has 1 heterocycles. The first-order valence-corrected chi connectivity index (χ1v) is 6.68. The molecule has 1 aromatic carbocycles. The Labute approximate surface area is 122 Å². The van der Waals surface area contributed by atoms with Crippen LogP contribution < -0.4 is 5.56 Å². The maximum absolute atomic E-state index is 11.9. The second kappa shape index (κ2) is 5.52. The van der Waals surface area contributed by atoms with Crippen LogP contribution in [-0.4, -0.2) is 20.9 Å². The lowest BCUT2D eigenvalue weighted by molar-refractivity contribution is 0.0697. The van der Waals surface area contributed by atoms with Gasteiger partial charge in [-0.2, -0.15) is 5.10 Å². The van der Waals surface area contributed by atoms with Gasteiger partial charge < -0.3 is 5.11 Å². The summed E-state index contributed by atoms with van der Waals surface area (Å²) >= 11 is 0. The van der Waals surface area contributed by atoms with Crippen LogP contribution in [0.25, 0.3) is 0 Å². The Morgan fingerprint density at radius 3 is 2.29 bits per heavy atom. The van der Waals surface area contributed by atoms with Crippen LogP contribution in [0.3, 0.4) is 0 Å². The van der Waals surface area contributed by atoms with Gasteiger partial charge in [0.1, 0.15) is 0 Å². The van der Waals surface area contributed by atoms with Gasteiger partial charge in [0.15, 0.2) is 0 Å². The van der Waals surface area contributed by atoms with Gasteiger partial charge in [-0.1, -0.05) is 32.9 Å². The first kappa shape index (κ1) is 15.0. The van der Waals surface area contributed by atoms with Crippen molar-refractivity contribution in [3.63, 3.8) is 0 Å². The molecule has 5 nitrogen and oxygen atoms in total. The third-order valence-electron chi connectivity index (χ3n) is 3.17. The highest BCUT2D eigenvalue weighted by Crippen LogP contribution is 2.18. The van der Waals surface area contributed by atoms with Crippen LogP contribution in [0.2, 0.25) is 0 Å². The van der Waals surface area contributed by atoms with Crippen molar-refractivity contribution in [3.8, 4) is 0 Å². The van der Waals surface area contributed by atoms with E-state index in [9.17, 15) is 9.59 Å². The maximum atomic E-state index is 11.9. The van der Waals surface area contributed by atoms with Gasteiger partial charge in [-0.3, -0.25) is 4.79 Å². The summed E-state index contributed by atoms with van der Waals surface area (Å²) in [5, 5.41) is 13.3. The molecule has 2 aromatic rings. The maximum Gasteiger partial charge on any atom is 0.335 e. The van der Waals surface area contributed by atoms with Crippen LogP contribution in [0, 0.1) is 0 Å². The summed E-state index contributed by atoms with van der Waals surface area (Å²) in [4.78, 5) is 22.7. The van der Waals surface area contributed by atoms with Crippen molar-refractivity contribution in [1.82, 2.24) is 9.78 Å². The number of carbonyl (C=O) groups is 1. The van der Waals surface area contributed by atoms with Crippen LogP contribution in [0.1, 0.15) is 42.4 Å². The van der Waals surface area contributed by atoms with Crippen molar-refractivity contribution >= 4 is 5.97 Å². The molecule has 0 aliphatic rings. The number of hydrogen-bond donors (Lipinski definition) is 1. The molecule has 0 fully saturated rings. The highest BCUT2D eigenvalue weighted by molar-refractivity contribution is 5.87. The molecule has 1 aromatic heterocycles. The molecule has 21 heavy (non-hydrogen) atoms. The number of rotatable bonds is 3. The topological polar surface area (TPSA) is 72.2 Å². The lowest BCUT2D eigenvalue weighted by Gasteiger charge is -2.18. The Hall–Kier alpha value is -2.43. The highest BCUT2D eigenvalue weighted by atomic mass is 16.4. The molecule has 0 saturated heterocycles. The van der Waals surface area contributed by atoms with E-state index in [0.717, 1.165) is 11.3 Å². The van der Waals surface area contributed by atoms with Gasteiger partial charge in [0.2, 0.25) is 0 Å². The molecule has 0 spiro atoms. The van der Waals surface area contributed by atoms with Gasteiger partial charge in [-0.15, -0.1) is 0 Å². The van der Waals surface area contributed by atoms with E-state index in [1.807, 2.05) is 20.8 Å². The fourth-order valence-corrected chi connectivity index (χ4v) is 1.89. The standard InChI is InChI=1S/C16H18N2O3/c1-16(2,3)13-8-9-14(19)18(17-13)10-11-4-6-12(7-5-11)15(20)21/h4-9H,10H2,1-3H3,(H,20,21). The van der Waals surface area contributed by atoms with E-state index in [1.54, 1.807) is 18.2 Å². The minimum Gasteiger partial charge on any atom is -0.478 e. The Balaban J connectivity index is 2.31. The molecule has 1 N–H and O–H groups in total. The van der Waals surface area contributed by atoms with Crippen LogP contribution in [0.15, 0.2) is 41.2 Å². The summed E-state index contributed by atoms with van der Waals surface area (Å²) in [6.45, 7) is 6.42. The average Bonchev–Trinajstić information content (AvgIpc) is 2.40. The minimum atomic E-state index is -0.966. The molecule has 0 saturated carbocycles. The van der Waals surface area contributed by atoms with Crippen molar-refractivity contribution in [1.29, 1.82) is 0 Å². The monoisotopic (exact) mass is 286 g/mol. The highest BCUT2D eigenvalue weighted by Gasteiger charge is 2.16. The lowest BCUT2D eigenvalue weighted by Crippen LogP contribution is -2.27. The van der Waals surface area contributed by atoms with E-state index in [1.165, 1.54) is 22.9 Å². The quantitative estimate of drug-likeness (QED) is 0.939. The molecule has 2 rings (SSSR count). The Bertz CT molecular complexity index is 710.